The van der Waals surface area contributed by atoms with Crippen molar-refractivity contribution < 1.29 is 4.79 Å². The third-order valence-corrected chi connectivity index (χ3v) is 5.41. The summed E-state index contributed by atoms with van der Waals surface area (Å²) < 4.78 is 0. The zero-order valence-electron chi connectivity index (χ0n) is 16.5. The summed E-state index contributed by atoms with van der Waals surface area (Å²) in [6, 6.07) is 17.3. The Bertz CT molecular complexity index is 1030. The summed E-state index contributed by atoms with van der Waals surface area (Å²) in [6.07, 6.45) is 4.94. The number of nitrogens with one attached hydrogen (secondary N) is 2. The molecule has 1 amide bonds. The van der Waals surface area contributed by atoms with Crippen molar-refractivity contribution in [3.63, 3.8) is 0 Å². The Kier molecular flexibility index (Phi) is 5.53. The standard InChI is InChI=1S/C23H25N5O/c1-25-23(29)21-22(24)27-14-20(28-21)18-8-4-5-15(11-18)13-26-19-10-9-16-6-2-3-7-17(16)12-19/h2-8,11,14,19,26H,9-10,12-13H2,1H3,(H2,24,27)(H,25,29)/t19-/m0/s1. The Hall–Kier alpha value is -3.25. The van der Waals surface area contributed by atoms with Gasteiger partial charge in [-0.1, -0.05) is 42.5 Å². The van der Waals surface area contributed by atoms with Gasteiger partial charge >= 0.3 is 0 Å². The fourth-order valence-electron chi connectivity index (χ4n) is 3.80. The Morgan fingerprint density at radius 1 is 1.17 bits per heavy atom. The van der Waals surface area contributed by atoms with Gasteiger partial charge in [0.1, 0.15) is 0 Å². The van der Waals surface area contributed by atoms with Crippen molar-refractivity contribution in [1.29, 1.82) is 0 Å². The number of benzene rings is 2. The van der Waals surface area contributed by atoms with Gasteiger partial charge in [0.05, 0.1) is 11.9 Å². The largest absolute Gasteiger partial charge is 0.382 e. The zero-order chi connectivity index (χ0) is 20.2. The van der Waals surface area contributed by atoms with Crippen LogP contribution in [0.25, 0.3) is 11.3 Å². The summed E-state index contributed by atoms with van der Waals surface area (Å²) in [4.78, 5) is 20.5. The minimum absolute atomic E-state index is 0.128. The van der Waals surface area contributed by atoms with Crippen molar-refractivity contribution >= 4 is 11.7 Å². The normalized spacial score (nSPS) is 15.6. The second-order valence-corrected chi connectivity index (χ2v) is 7.36. The molecule has 3 aromatic rings. The summed E-state index contributed by atoms with van der Waals surface area (Å²) >= 11 is 0. The molecule has 0 bridgehead atoms. The van der Waals surface area contributed by atoms with Gasteiger partial charge in [0.2, 0.25) is 0 Å². The third kappa shape index (κ3) is 4.27. The molecule has 29 heavy (non-hydrogen) atoms. The summed E-state index contributed by atoms with van der Waals surface area (Å²) in [5, 5.41) is 6.23. The van der Waals surface area contributed by atoms with E-state index in [9.17, 15) is 4.79 Å². The van der Waals surface area contributed by atoms with Gasteiger partial charge in [0.15, 0.2) is 11.5 Å². The highest BCUT2D eigenvalue weighted by Crippen LogP contribution is 2.23. The number of nitrogens with zero attached hydrogens (tertiary/aromatic N) is 2. The minimum atomic E-state index is -0.341. The molecule has 1 aliphatic rings. The molecule has 6 nitrogen and oxygen atoms in total. The first-order valence-electron chi connectivity index (χ1n) is 9.88. The Morgan fingerprint density at radius 2 is 2.00 bits per heavy atom. The number of carbonyl (C=O) groups excluding carboxylic acids is 1. The van der Waals surface area contributed by atoms with E-state index in [1.165, 1.54) is 16.7 Å². The van der Waals surface area contributed by atoms with Crippen molar-refractivity contribution in [1.82, 2.24) is 20.6 Å². The van der Waals surface area contributed by atoms with Crippen LogP contribution in [-0.4, -0.2) is 29.0 Å². The van der Waals surface area contributed by atoms with Crippen LogP contribution < -0.4 is 16.4 Å². The molecule has 2 aromatic carbocycles. The van der Waals surface area contributed by atoms with Crippen LogP contribution in [0.3, 0.4) is 0 Å². The number of aromatic nitrogens is 2. The quantitative estimate of drug-likeness (QED) is 0.626. The maximum atomic E-state index is 11.9. The lowest BCUT2D eigenvalue weighted by Crippen LogP contribution is -2.34. The Morgan fingerprint density at radius 3 is 2.83 bits per heavy atom. The molecule has 4 rings (SSSR count). The van der Waals surface area contributed by atoms with E-state index in [2.05, 4.69) is 57.0 Å². The van der Waals surface area contributed by atoms with Gasteiger partial charge in [-0.05, 0) is 42.0 Å². The molecule has 1 heterocycles. The van der Waals surface area contributed by atoms with E-state index >= 15 is 0 Å². The van der Waals surface area contributed by atoms with Crippen molar-refractivity contribution in [2.45, 2.75) is 31.8 Å². The predicted molar refractivity (Wildman–Crippen MR) is 114 cm³/mol. The van der Waals surface area contributed by atoms with E-state index in [1.807, 2.05) is 12.1 Å². The topological polar surface area (TPSA) is 92.9 Å². The molecular formula is C23H25N5O. The maximum Gasteiger partial charge on any atom is 0.273 e. The van der Waals surface area contributed by atoms with Crippen LogP contribution in [0.5, 0.6) is 0 Å². The van der Waals surface area contributed by atoms with E-state index in [1.54, 1.807) is 13.2 Å². The molecule has 0 saturated carbocycles. The average molecular weight is 387 g/mol. The fraction of sp³-hybridized carbons (Fsp3) is 0.261. The number of anilines is 1. The molecule has 0 fully saturated rings. The van der Waals surface area contributed by atoms with E-state index in [0.29, 0.717) is 11.7 Å². The first-order chi connectivity index (χ1) is 14.1. The summed E-state index contributed by atoms with van der Waals surface area (Å²) in [5.74, 6) is -0.212. The number of fused-ring (bicyclic) bond motifs is 1. The molecule has 0 saturated heterocycles. The van der Waals surface area contributed by atoms with Gasteiger partial charge in [0, 0.05) is 25.2 Å². The van der Waals surface area contributed by atoms with E-state index in [0.717, 1.165) is 31.4 Å². The smallest absolute Gasteiger partial charge is 0.273 e. The number of amides is 1. The number of rotatable bonds is 5. The summed E-state index contributed by atoms with van der Waals surface area (Å²) in [7, 11) is 1.55. The molecule has 0 aliphatic heterocycles. The zero-order valence-corrected chi connectivity index (χ0v) is 16.5. The van der Waals surface area contributed by atoms with Gasteiger partial charge in [-0.3, -0.25) is 4.79 Å². The summed E-state index contributed by atoms with van der Waals surface area (Å²) in [6.45, 7) is 0.783. The Labute approximate surface area is 170 Å². The number of carbonyl (C=O) groups is 1. The lowest BCUT2D eigenvalue weighted by atomic mass is 9.88. The van der Waals surface area contributed by atoms with Crippen LogP contribution in [-0.2, 0) is 19.4 Å². The fourth-order valence-corrected chi connectivity index (χ4v) is 3.80. The lowest BCUT2D eigenvalue weighted by Gasteiger charge is -2.25. The molecular weight excluding hydrogens is 362 g/mol. The van der Waals surface area contributed by atoms with Gasteiger partial charge in [-0.2, -0.15) is 0 Å². The van der Waals surface area contributed by atoms with Gasteiger partial charge in [0.25, 0.3) is 5.91 Å². The van der Waals surface area contributed by atoms with Crippen molar-refractivity contribution in [2.24, 2.45) is 0 Å². The van der Waals surface area contributed by atoms with Crippen LogP contribution in [0.1, 0.15) is 33.6 Å². The molecule has 1 aliphatic carbocycles. The average Bonchev–Trinajstić information content (AvgIpc) is 2.77. The molecule has 1 aromatic heterocycles. The highest BCUT2D eigenvalue weighted by Gasteiger charge is 2.18. The second-order valence-electron chi connectivity index (χ2n) is 7.36. The SMILES string of the molecule is CNC(=O)c1nc(-c2cccc(CN[C@H]3CCc4ccccc4C3)c2)cnc1N. The molecule has 1 atom stereocenters. The number of nitrogen functional groups attached to an aromatic ring is 1. The van der Waals surface area contributed by atoms with Crippen LogP contribution in [0.4, 0.5) is 5.82 Å². The van der Waals surface area contributed by atoms with Gasteiger partial charge in [-0.25, -0.2) is 9.97 Å². The van der Waals surface area contributed by atoms with Crippen molar-refractivity contribution in [3.05, 3.63) is 77.1 Å². The first-order valence-corrected chi connectivity index (χ1v) is 9.88. The Balaban J connectivity index is 1.46. The molecule has 0 unspecified atom stereocenters. The van der Waals surface area contributed by atoms with Crippen LogP contribution >= 0.6 is 0 Å². The van der Waals surface area contributed by atoms with E-state index < -0.39 is 0 Å². The van der Waals surface area contributed by atoms with Crippen molar-refractivity contribution in [2.75, 3.05) is 12.8 Å². The number of hydrogen-bond donors (Lipinski definition) is 3. The molecule has 6 heteroatoms. The third-order valence-electron chi connectivity index (χ3n) is 5.41. The maximum absolute atomic E-state index is 11.9. The van der Waals surface area contributed by atoms with E-state index in [4.69, 9.17) is 5.73 Å². The molecule has 0 radical (unpaired) electrons. The van der Waals surface area contributed by atoms with Gasteiger partial charge < -0.3 is 16.4 Å². The summed E-state index contributed by atoms with van der Waals surface area (Å²) in [5.41, 5.74) is 11.6. The van der Waals surface area contributed by atoms with Crippen LogP contribution in [0, 0.1) is 0 Å². The van der Waals surface area contributed by atoms with Crippen LogP contribution in [0.15, 0.2) is 54.7 Å². The number of aryl methyl sites for hydroxylation is 1. The van der Waals surface area contributed by atoms with Crippen molar-refractivity contribution in [3.8, 4) is 11.3 Å². The molecule has 4 N–H and O–H groups in total. The van der Waals surface area contributed by atoms with E-state index in [-0.39, 0.29) is 17.4 Å². The number of hydrogen-bond acceptors (Lipinski definition) is 5. The van der Waals surface area contributed by atoms with Gasteiger partial charge in [-0.15, -0.1) is 0 Å². The highest BCUT2D eigenvalue weighted by molar-refractivity contribution is 5.96. The minimum Gasteiger partial charge on any atom is -0.382 e. The second kappa shape index (κ2) is 8.41. The predicted octanol–water partition coefficient (Wildman–Crippen LogP) is 2.73. The monoisotopic (exact) mass is 387 g/mol. The van der Waals surface area contributed by atoms with Crippen LogP contribution in [0.2, 0.25) is 0 Å². The lowest BCUT2D eigenvalue weighted by molar-refractivity contribution is 0.0959. The first kappa shape index (κ1) is 19.1. The number of nitrogens with two attached hydrogens (primary N) is 1. The highest BCUT2D eigenvalue weighted by atomic mass is 16.1. The molecule has 0 spiro atoms. The molecule has 148 valence electrons.